The third-order valence-corrected chi connectivity index (χ3v) is 2.65. The largest absolute Gasteiger partial charge is 0.507 e. The molecule has 0 saturated heterocycles. The normalized spacial score (nSPS) is 10.1. The molecule has 0 aliphatic heterocycles. The van der Waals surface area contributed by atoms with Crippen molar-refractivity contribution in [1.82, 2.24) is 0 Å². The number of hydrogen-bond donors (Lipinski definition) is 1. The first-order chi connectivity index (χ1) is 7.72. The van der Waals surface area contributed by atoms with Crippen LogP contribution in [0.4, 0.5) is 0 Å². The molecular weight excluding hydrogens is 224 g/mol. The van der Waals surface area contributed by atoms with E-state index in [0.717, 1.165) is 6.29 Å². The number of hydrogen-bond acceptors (Lipinski definition) is 2. The number of benzene rings is 2. The molecule has 0 atom stereocenters. The van der Waals surface area contributed by atoms with Crippen LogP contribution >= 0.6 is 11.6 Å². The second kappa shape index (κ2) is 4.37. The molecule has 80 valence electrons. The predicted octanol–water partition coefficient (Wildman–Crippen LogP) is 3.53. The predicted molar refractivity (Wildman–Crippen MR) is 63.9 cm³/mol. The number of rotatable bonds is 2. The van der Waals surface area contributed by atoms with E-state index in [4.69, 9.17) is 11.6 Å². The lowest BCUT2D eigenvalue weighted by Crippen LogP contribution is -1.84. The summed E-state index contributed by atoms with van der Waals surface area (Å²) in [5.41, 5.74) is 1.79. The molecule has 0 spiro atoms. The van der Waals surface area contributed by atoms with Gasteiger partial charge in [0.25, 0.3) is 0 Å². The Bertz CT molecular complexity index is 535. The Balaban J connectivity index is 2.63. The highest BCUT2D eigenvalue weighted by Gasteiger charge is 2.08. The summed E-state index contributed by atoms with van der Waals surface area (Å²) in [6.07, 6.45) is 0.736. The number of phenolic OH excluding ortho intramolecular Hbond substituents is 1. The Kier molecular flexibility index (Phi) is 2.93. The van der Waals surface area contributed by atoms with Crippen molar-refractivity contribution in [2.75, 3.05) is 0 Å². The van der Waals surface area contributed by atoms with Crippen molar-refractivity contribution in [1.29, 1.82) is 0 Å². The van der Waals surface area contributed by atoms with E-state index >= 15 is 0 Å². The van der Waals surface area contributed by atoms with Gasteiger partial charge in [-0.1, -0.05) is 29.8 Å². The maximum Gasteiger partial charge on any atom is 0.150 e. The van der Waals surface area contributed by atoms with Gasteiger partial charge in [-0.25, -0.2) is 0 Å². The quantitative estimate of drug-likeness (QED) is 0.805. The highest BCUT2D eigenvalue weighted by atomic mass is 35.5. The van der Waals surface area contributed by atoms with E-state index in [9.17, 15) is 9.90 Å². The van der Waals surface area contributed by atoms with Gasteiger partial charge in [0.15, 0.2) is 0 Å². The van der Waals surface area contributed by atoms with Gasteiger partial charge in [0.1, 0.15) is 12.0 Å². The van der Waals surface area contributed by atoms with Crippen molar-refractivity contribution >= 4 is 17.9 Å². The first-order valence-electron chi connectivity index (χ1n) is 4.75. The molecule has 1 N–H and O–H groups in total. The van der Waals surface area contributed by atoms with Gasteiger partial charge < -0.3 is 5.11 Å². The Morgan fingerprint density at radius 3 is 2.50 bits per heavy atom. The molecule has 3 heteroatoms. The van der Waals surface area contributed by atoms with Gasteiger partial charge in [0.2, 0.25) is 0 Å². The van der Waals surface area contributed by atoms with Gasteiger partial charge in [-0.2, -0.15) is 0 Å². The Hall–Kier alpha value is -1.80. The first kappa shape index (κ1) is 10.7. The van der Waals surface area contributed by atoms with Crippen molar-refractivity contribution in [3.63, 3.8) is 0 Å². The highest BCUT2D eigenvalue weighted by molar-refractivity contribution is 6.33. The SMILES string of the molecule is O=Cc1ccc(O)c(-c2ccccc2Cl)c1. The van der Waals surface area contributed by atoms with Crippen LogP contribution < -0.4 is 0 Å². The molecule has 2 rings (SSSR count). The van der Waals surface area contributed by atoms with E-state index in [2.05, 4.69) is 0 Å². The van der Waals surface area contributed by atoms with Crippen LogP contribution in [-0.2, 0) is 0 Å². The number of halogens is 1. The van der Waals surface area contributed by atoms with E-state index in [1.807, 2.05) is 12.1 Å². The average molecular weight is 233 g/mol. The van der Waals surface area contributed by atoms with Crippen LogP contribution in [0.2, 0.25) is 5.02 Å². The van der Waals surface area contributed by atoms with Gasteiger partial charge in [-0.05, 0) is 24.3 Å². The molecule has 0 unspecified atom stereocenters. The fraction of sp³-hybridized carbons (Fsp3) is 0. The molecule has 2 nitrogen and oxygen atoms in total. The zero-order valence-corrected chi connectivity index (χ0v) is 9.11. The minimum absolute atomic E-state index is 0.110. The topological polar surface area (TPSA) is 37.3 Å². The van der Waals surface area contributed by atoms with Crippen LogP contribution in [0, 0.1) is 0 Å². The summed E-state index contributed by atoms with van der Waals surface area (Å²) in [6.45, 7) is 0. The fourth-order valence-corrected chi connectivity index (χ4v) is 1.76. The molecule has 2 aromatic carbocycles. The molecule has 0 radical (unpaired) electrons. The second-order valence-electron chi connectivity index (χ2n) is 3.37. The molecule has 16 heavy (non-hydrogen) atoms. The van der Waals surface area contributed by atoms with Gasteiger partial charge in [-0.15, -0.1) is 0 Å². The van der Waals surface area contributed by atoms with Crippen molar-refractivity contribution in [3.8, 4) is 16.9 Å². The van der Waals surface area contributed by atoms with E-state index < -0.39 is 0 Å². The number of carbonyl (C=O) groups excluding carboxylic acids is 1. The molecule has 0 fully saturated rings. The third-order valence-electron chi connectivity index (χ3n) is 2.32. The highest BCUT2D eigenvalue weighted by Crippen LogP contribution is 2.34. The first-order valence-corrected chi connectivity index (χ1v) is 5.13. The maximum atomic E-state index is 10.7. The van der Waals surface area contributed by atoms with Gasteiger partial charge >= 0.3 is 0 Å². The summed E-state index contributed by atoms with van der Waals surface area (Å²) in [6, 6.07) is 11.8. The van der Waals surface area contributed by atoms with Crippen molar-refractivity contribution in [2.45, 2.75) is 0 Å². The van der Waals surface area contributed by atoms with Gasteiger partial charge in [0, 0.05) is 21.7 Å². The summed E-state index contributed by atoms with van der Waals surface area (Å²) in [7, 11) is 0. The number of aldehydes is 1. The van der Waals surface area contributed by atoms with Crippen molar-refractivity contribution in [3.05, 3.63) is 53.1 Å². The summed E-state index contributed by atoms with van der Waals surface area (Å²) in [5.74, 6) is 0.110. The maximum absolute atomic E-state index is 10.7. The molecule has 0 aliphatic rings. The number of aromatic hydroxyl groups is 1. The summed E-state index contributed by atoms with van der Waals surface area (Å²) < 4.78 is 0. The molecule has 0 bridgehead atoms. The molecule has 0 aromatic heterocycles. The van der Waals surface area contributed by atoms with Crippen LogP contribution in [-0.4, -0.2) is 11.4 Å². The second-order valence-corrected chi connectivity index (χ2v) is 3.78. The van der Waals surface area contributed by atoms with Crippen LogP contribution in [0.25, 0.3) is 11.1 Å². The zero-order chi connectivity index (χ0) is 11.5. The number of carbonyl (C=O) groups is 1. The van der Waals surface area contributed by atoms with Crippen LogP contribution in [0.5, 0.6) is 5.75 Å². The summed E-state index contributed by atoms with van der Waals surface area (Å²) in [5, 5.41) is 10.3. The van der Waals surface area contributed by atoms with Gasteiger partial charge in [-0.3, -0.25) is 4.79 Å². The van der Waals surface area contributed by atoms with E-state index in [1.54, 1.807) is 24.3 Å². The lowest BCUT2D eigenvalue weighted by molar-refractivity contribution is 0.112. The smallest absolute Gasteiger partial charge is 0.150 e. The fourth-order valence-electron chi connectivity index (χ4n) is 1.52. The minimum Gasteiger partial charge on any atom is -0.507 e. The van der Waals surface area contributed by atoms with Crippen LogP contribution in [0.15, 0.2) is 42.5 Å². The average Bonchev–Trinajstić information content (AvgIpc) is 2.31. The van der Waals surface area contributed by atoms with Crippen molar-refractivity contribution in [2.24, 2.45) is 0 Å². The lowest BCUT2D eigenvalue weighted by atomic mass is 10.0. The standard InChI is InChI=1S/C13H9ClO2/c14-12-4-2-1-3-10(12)11-7-9(8-15)5-6-13(11)16/h1-8,16H. The lowest BCUT2D eigenvalue weighted by Gasteiger charge is -2.07. The monoisotopic (exact) mass is 232 g/mol. The van der Waals surface area contributed by atoms with Gasteiger partial charge in [0.05, 0.1) is 0 Å². The Morgan fingerprint density at radius 2 is 1.81 bits per heavy atom. The Morgan fingerprint density at radius 1 is 1.06 bits per heavy atom. The molecule has 2 aromatic rings. The Labute approximate surface area is 98.1 Å². The summed E-state index contributed by atoms with van der Waals surface area (Å²) in [4.78, 5) is 10.7. The number of phenols is 1. The molecule has 0 saturated carbocycles. The minimum atomic E-state index is 0.110. The van der Waals surface area contributed by atoms with Crippen molar-refractivity contribution < 1.29 is 9.90 Å². The molecule has 0 amide bonds. The molecule has 0 heterocycles. The van der Waals surface area contributed by atoms with E-state index in [-0.39, 0.29) is 5.75 Å². The molecular formula is C13H9ClO2. The zero-order valence-electron chi connectivity index (χ0n) is 8.35. The van der Waals surface area contributed by atoms with E-state index in [0.29, 0.717) is 21.7 Å². The van der Waals surface area contributed by atoms with Crippen LogP contribution in [0.3, 0.4) is 0 Å². The van der Waals surface area contributed by atoms with Crippen LogP contribution in [0.1, 0.15) is 10.4 Å². The summed E-state index contributed by atoms with van der Waals surface area (Å²) >= 11 is 6.03. The van der Waals surface area contributed by atoms with E-state index in [1.165, 1.54) is 6.07 Å². The molecule has 0 aliphatic carbocycles. The third kappa shape index (κ3) is 1.92.